The van der Waals surface area contributed by atoms with Crippen LogP contribution in [0.1, 0.15) is 49.6 Å². The van der Waals surface area contributed by atoms with Crippen LogP contribution in [0.5, 0.6) is 0 Å². The Kier molecular flexibility index (Phi) is 3.30. The second-order valence-corrected chi connectivity index (χ2v) is 8.06. The van der Waals surface area contributed by atoms with Gasteiger partial charge < -0.3 is 0 Å². The van der Waals surface area contributed by atoms with Gasteiger partial charge in [0.1, 0.15) is 11.6 Å². The molecule has 0 radical (unpaired) electrons. The van der Waals surface area contributed by atoms with Crippen LogP contribution in [0.3, 0.4) is 0 Å². The molecule has 5 heteroatoms. The summed E-state index contributed by atoms with van der Waals surface area (Å²) in [7, 11) is 0. The zero-order valence-corrected chi connectivity index (χ0v) is 15.2. The fourth-order valence-corrected chi connectivity index (χ4v) is 5.37. The molecule has 27 heavy (non-hydrogen) atoms. The largest absolute Gasteiger partial charge is 0.260 e. The number of nitrogens with zero attached hydrogens (tertiary/aromatic N) is 3. The Hall–Kier alpha value is -2.69. The summed E-state index contributed by atoms with van der Waals surface area (Å²) in [5.74, 6) is -0.976. The molecule has 2 atom stereocenters. The number of halogens is 2. The molecule has 0 aliphatic heterocycles. The van der Waals surface area contributed by atoms with Crippen molar-refractivity contribution < 1.29 is 8.78 Å². The highest BCUT2D eigenvalue weighted by molar-refractivity contribution is 5.64. The summed E-state index contributed by atoms with van der Waals surface area (Å²) in [4.78, 5) is 4.65. The maximum atomic E-state index is 14.3. The Morgan fingerprint density at radius 1 is 1.00 bits per heavy atom. The molecule has 1 unspecified atom stereocenters. The number of aromatic nitrogens is 3. The number of hydrogen-bond acceptors (Lipinski definition) is 3. The molecule has 2 aromatic heterocycles. The van der Waals surface area contributed by atoms with Gasteiger partial charge in [0.05, 0.1) is 28.1 Å². The van der Waals surface area contributed by atoms with Crippen molar-refractivity contribution in [1.82, 2.24) is 15.2 Å². The summed E-state index contributed by atoms with van der Waals surface area (Å²) in [6, 6.07) is 11.6. The molecule has 2 aliphatic carbocycles. The topological polar surface area (TPSA) is 38.7 Å². The van der Waals surface area contributed by atoms with Crippen LogP contribution >= 0.6 is 0 Å². The van der Waals surface area contributed by atoms with E-state index < -0.39 is 11.6 Å². The third kappa shape index (κ3) is 1.97. The van der Waals surface area contributed by atoms with Crippen molar-refractivity contribution in [2.45, 2.75) is 38.0 Å². The van der Waals surface area contributed by atoms with Gasteiger partial charge in [-0.2, -0.15) is 5.10 Å². The van der Waals surface area contributed by atoms with E-state index in [9.17, 15) is 8.78 Å². The number of rotatable bonds is 2. The van der Waals surface area contributed by atoms with Crippen molar-refractivity contribution >= 4 is 0 Å². The first-order valence-electron chi connectivity index (χ1n) is 9.21. The molecule has 5 rings (SSSR count). The van der Waals surface area contributed by atoms with Crippen LogP contribution in [0.25, 0.3) is 11.3 Å². The molecule has 2 heterocycles. The minimum atomic E-state index is -0.619. The molecular formula is C22H19F2N3. The fraction of sp³-hybridized carbons (Fsp3) is 0.318. The lowest BCUT2D eigenvalue weighted by Crippen LogP contribution is -2.37. The Balaban J connectivity index is 1.74. The number of hydrogen-bond donors (Lipinski definition) is 0. The van der Waals surface area contributed by atoms with Gasteiger partial charge in [0.2, 0.25) is 0 Å². The van der Waals surface area contributed by atoms with Crippen LogP contribution in [0.2, 0.25) is 0 Å². The van der Waals surface area contributed by atoms with Crippen LogP contribution in [0.15, 0.2) is 48.7 Å². The van der Waals surface area contributed by atoms with E-state index in [1.54, 1.807) is 0 Å². The first kappa shape index (κ1) is 16.5. The van der Waals surface area contributed by atoms with E-state index in [4.69, 9.17) is 0 Å². The summed E-state index contributed by atoms with van der Waals surface area (Å²) >= 11 is 0. The Morgan fingerprint density at radius 2 is 1.78 bits per heavy atom. The first-order chi connectivity index (χ1) is 13.0. The highest BCUT2D eigenvalue weighted by Gasteiger charge is 2.64. The van der Waals surface area contributed by atoms with Gasteiger partial charge in [-0.25, -0.2) is 8.78 Å². The fourth-order valence-electron chi connectivity index (χ4n) is 5.37. The van der Waals surface area contributed by atoms with Crippen molar-refractivity contribution in [2.75, 3.05) is 0 Å². The third-order valence-electron chi connectivity index (χ3n) is 6.70. The van der Waals surface area contributed by atoms with Crippen LogP contribution in [-0.2, 0) is 5.41 Å². The van der Waals surface area contributed by atoms with Crippen LogP contribution < -0.4 is 0 Å². The Labute approximate surface area is 156 Å². The van der Waals surface area contributed by atoms with Crippen LogP contribution in [-0.4, -0.2) is 15.2 Å². The first-order valence-corrected chi connectivity index (χ1v) is 9.21. The molecule has 136 valence electrons. The molecule has 1 aromatic carbocycles. The van der Waals surface area contributed by atoms with Crippen molar-refractivity contribution in [1.29, 1.82) is 0 Å². The molecule has 0 N–H and O–H groups in total. The van der Waals surface area contributed by atoms with Crippen LogP contribution in [0, 0.1) is 17.0 Å². The highest BCUT2D eigenvalue weighted by atomic mass is 19.1. The highest BCUT2D eigenvalue weighted by Crippen LogP contribution is 2.69. The molecule has 3 aromatic rings. The van der Waals surface area contributed by atoms with Crippen molar-refractivity contribution in [2.24, 2.45) is 5.41 Å². The van der Waals surface area contributed by atoms with E-state index in [0.717, 1.165) is 29.8 Å². The Morgan fingerprint density at radius 3 is 2.48 bits per heavy atom. The van der Waals surface area contributed by atoms with Gasteiger partial charge in [0.15, 0.2) is 0 Å². The maximum absolute atomic E-state index is 14.3. The summed E-state index contributed by atoms with van der Waals surface area (Å²) in [5.41, 5.74) is 2.69. The number of benzene rings is 1. The second-order valence-electron chi connectivity index (χ2n) is 8.06. The molecule has 2 bridgehead atoms. The van der Waals surface area contributed by atoms with E-state index in [1.807, 2.05) is 30.5 Å². The third-order valence-corrected chi connectivity index (χ3v) is 6.70. The van der Waals surface area contributed by atoms with Gasteiger partial charge in [-0.15, -0.1) is 5.10 Å². The van der Waals surface area contributed by atoms with Gasteiger partial charge in [0, 0.05) is 6.20 Å². The normalized spacial score (nSPS) is 24.8. The minimum Gasteiger partial charge on any atom is -0.260 e. The van der Waals surface area contributed by atoms with Gasteiger partial charge in [0.25, 0.3) is 0 Å². The van der Waals surface area contributed by atoms with E-state index in [2.05, 4.69) is 29.0 Å². The average Bonchev–Trinajstić information content (AvgIpc) is 3.04. The summed E-state index contributed by atoms with van der Waals surface area (Å²) < 4.78 is 28.5. The minimum absolute atomic E-state index is 0.0925. The smallest absolute Gasteiger partial charge is 0.135 e. The summed E-state index contributed by atoms with van der Waals surface area (Å²) in [5, 5.41) is 8.76. The van der Waals surface area contributed by atoms with Crippen LogP contribution in [0.4, 0.5) is 8.78 Å². The predicted molar refractivity (Wildman–Crippen MR) is 98.2 cm³/mol. The zero-order chi connectivity index (χ0) is 18.8. The lowest BCUT2D eigenvalue weighted by molar-refractivity contribution is 0.243. The molecule has 3 nitrogen and oxygen atoms in total. The molecule has 0 saturated heterocycles. The monoisotopic (exact) mass is 363 g/mol. The van der Waals surface area contributed by atoms with E-state index in [0.29, 0.717) is 0 Å². The van der Waals surface area contributed by atoms with E-state index in [1.165, 1.54) is 18.2 Å². The van der Waals surface area contributed by atoms with Crippen molar-refractivity contribution in [3.05, 3.63) is 77.2 Å². The van der Waals surface area contributed by atoms with Gasteiger partial charge >= 0.3 is 0 Å². The quantitative estimate of drug-likeness (QED) is 0.642. The summed E-state index contributed by atoms with van der Waals surface area (Å²) in [6.45, 7) is 4.48. The Bertz CT molecular complexity index is 1030. The van der Waals surface area contributed by atoms with Gasteiger partial charge in [-0.1, -0.05) is 26.0 Å². The standard InChI is InChI=1S/C22H19F2N3/c1-21(2)14-9-10-22(21,18-8-3-4-11-25-18)20-13(14)12-17(26-27-20)19-15(23)6-5-7-16(19)24/h3-8,11-12,14H,9-10H2,1-2H3/t14-,22?/m0/s1. The van der Waals surface area contributed by atoms with Gasteiger partial charge in [-0.05, 0) is 60.1 Å². The molecule has 1 fully saturated rings. The molecule has 0 amide bonds. The van der Waals surface area contributed by atoms with E-state index >= 15 is 0 Å². The molecule has 1 saturated carbocycles. The zero-order valence-electron chi connectivity index (χ0n) is 15.2. The number of pyridine rings is 1. The SMILES string of the molecule is CC1(C)[C@H]2CCC1(c1ccccn1)c1nnc(-c3c(F)cccc3F)cc12. The van der Waals surface area contributed by atoms with E-state index in [-0.39, 0.29) is 28.0 Å². The lowest BCUT2D eigenvalue weighted by Gasteiger charge is -2.37. The van der Waals surface area contributed by atoms with Crippen molar-refractivity contribution in [3.8, 4) is 11.3 Å². The molecular weight excluding hydrogens is 344 g/mol. The number of fused-ring (bicyclic) bond motifs is 5. The van der Waals surface area contributed by atoms with Gasteiger partial charge in [-0.3, -0.25) is 4.98 Å². The lowest BCUT2D eigenvalue weighted by atomic mass is 9.66. The summed E-state index contributed by atoms with van der Waals surface area (Å²) in [6.07, 6.45) is 3.76. The average molecular weight is 363 g/mol. The van der Waals surface area contributed by atoms with Crippen molar-refractivity contribution in [3.63, 3.8) is 0 Å². The maximum Gasteiger partial charge on any atom is 0.135 e. The molecule has 0 spiro atoms. The predicted octanol–water partition coefficient (Wildman–Crippen LogP) is 5.02. The molecule has 2 aliphatic rings. The second kappa shape index (κ2) is 5.41.